The second-order valence-corrected chi connectivity index (χ2v) is 5.03. The number of likely N-dealkylation sites (tertiary alicyclic amines) is 1. The van der Waals surface area contributed by atoms with Crippen LogP contribution in [0.4, 0.5) is 4.39 Å². The van der Waals surface area contributed by atoms with Crippen molar-refractivity contribution in [2.45, 2.75) is 6.42 Å². The molecule has 1 aromatic rings. The van der Waals surface area contributed by atoms with Crippen LogP contribution in [0.5, 0.6) is 0 Å². The number of carboxylic acids is 1. The number of hydrogen-bond acceptors (Lipinski definition) is 2. The van der Waals surface area contributed by atoms with Crippen molar-refractivity contribution in [3.8, 4) is 0 Å². The molecule has 1 aromatic carbocycles. The van der Waals surface area contributed by atoms with Crippen molar-refractivity contribution in [3.05, 3.63) is 34.1 Å². The zero-order valence-corrected chi connectivity index (χ0v) is 12.2. The molecule has 0 radical (unpaired) electrons. The number of halogens is 3. The summed E-state index contributed by atoms with van der Waals surface area (Å²) in [5, 5.41) is 8.87. The summed E-state index contributed by atoms with van der Waals surface area (Å²) in [4.78, 5) is 24.3. The average molecular weight is 353 g/mol. The van der Waals surface area contributed by atoms with Crippen LogP contribution in [0, 0.1) is 11.7 Å². The van der Waals surface area contributed by atoms with Crippen molar-refractivity contribution >= 4 is 40.2 Å². The van der Waals surface area contributed by atoms with Crippen LogP contribution in [0.3, 0.4) is 0 Å². The molecule has 1 saturated heterocycles. The van der Waals surface area contributed by atoms with Gasteiger partial charge in [0, 0.05) is 17.6 Å². The molecule has 0 aliphatic carbocycles. The van der Waals surface area contributed by atoms with E-state index in [-0.39, 0.29) is 24.5 Å². The lowest BCUT2D eigenvalue weighted by molar-refractivity contribution is -0.141. The van der Waals surface area contributed by atoms with Gasteiger partial charge in [0.2, 0.25) is 0 Å². The normalized spacial score (nSPS) is 18.0. The van der Waals surface area contributed by atoms with Gasteiger partial charge in [-0.1, -0.05) is 6.07 Å². The second-order valence-electron chi connectivity index (χ2n) is 4.17. The summed E-state index contributed by atoms with van der Waals surface area (Å²) in [6, 6.07) is 4.30. The number of hydrogen-bond donors (Lipinski definition) is 1. The first-order chi connectivity index (χ1) is 8.50. The molecule has 1 fully saturated rings. The fraction of sp³-hybridized carbons (Fsp3) is 0.333. The standard InChI is InChI=1S/C12H11BrFNO3.ClH/c13-8-2-1-3-9(14)10(8)11(16)15-5-4-7(6-15)12(17)18;/h1-3,7H,4-6H2,(H,17,18);1H. The van der Waals surface area contributed by atoms with Crippen molar-refractivity contribution < 1.29 is 19.1 Å². The summed E-state index contributed by atoms with van der Waals surface area (Å²) in [6.07, 6.45) is 0.410. The highest BCUT2D eigenvalue weighted by molar-refractivity contribution is 9.10. The molecule has 1 amide bonds. The highest BCUT2D eigenvalue weighted by Gasteiger charge is 2.32. The molecule has 1 aliphatic rings. The van der Waals surface area contributed by atoms with Crippen molar-refractivity contribution in [1.29, 1.82) is 0 Å². The van der Waals surface area contributed by atoms with E-state index >= 15 is 0 Å². The van der Waals surface area contributed by atoms with Gasteiger partial charge >= 0.3 is 5.97 Å². The van der Waals surface area contributed by atoms with E-state index in [1.165, 1.54) is 17.0 Å². The summed E-state index contributed by atoms with van der Waals surface area (Å²) < 4.78 is 14.0. The number of amides is 1. The molecular formula is C12H12BrClFNO3. The van der Waals surface area contributed by atoms with Gasteiger partial charge in [-0.3, -0.25) is 9.59 Å². The van der Waals surface area contributed by atoms with Crippen LogP contribution in [0.15, 0.2) is 22.7 Å². The maximum absolute atomic E-state index is 13.6. The third kappa shape index (κ3) is 3.25. The molecule has 0 spiro atoms. The summed E-state index contributed by atoms with van der Waals surface area (Å²) in [6.45, 7) is 0.478. The van der Waals surface area contributed by atoms with Crippen LogP contribution >= 0.6 is 28.3 Å². The lowest BCUT2D eigenvalue weighted by atomic mass is 10.1. The topological polar surface area (TPSA) is 57.6 Å². The number of carbonyl (C=O) groups is 2. The Balaban J connectivity index is 0.00000180. The van der Waals surface area contributed by atoms with Gasteiger partial charge in [0.05, 0.1) is 11.5 Å². The van der Waals surface area contributed by atoms with Crippen LogP contribution in [-0.4, -0.2) is 35.0 Å². The number of carboxylic acid groups (broad SMARTS) is 1. The van der Waals surface area contributed by atoms with Gasteiger partial charge in [-0.15, -0.1) is 12.4 Å². The van der Waals surface area contributed by atoms with E-state index in [2.05, 4.69) is 15.9 Å². The number of nitrogens with zero attached hydrogens (tertiary/aromatic N) is 1. The van der Waals surface area contributed by atoms with Crippen LogP contribution < -0.4 is 0 Å². The van der Waals surface area contributed by atoms with Crippen LogP contribution in [0.25, 0.3) is 0 Å². The Kier molecular flexibility index (Phi) is 5.31. The van der Waals surface area contributed by atoms with Crippen molar-refractivity contribution in [2.24, 2.45) is 5.92 Å². The largest absolute Gasteiger partial charge is 0.481 e. The molecule has 0 bridgehead atoms. The summed E-state index contributed by atoms with van der Waals surface area (Å²) >= 11 is 3.14. The van der Waals surface area contributed by atoms with Crippen molar-refractivity contribution in [2.75, 3.05) is 13.1 Å². The Morgan fingerprint density at radius 1 is 1.42 bits per heavy atom. The van der Waals surface area contributed by atoms with Gasteiger partial charge in [-0.2, -0.15) is 0 Å². The van der Waals surface area contributed by atoms with E-state index in [1.54, 1.807) is 6.07 Å². The first-order valence-electron chi connectivity index (χ1n) is 5.47. The van der Waals surface area contributed by atoms with Gasteiger partial charge in [0.25, 0.3) is 5.91 Å². The minimum atomic E-state index is -0.919. The van der Waals surface area contributed by atoms with Gasteiger partial charge in [0.1, 0.15) is 5.82 Å². The fourth-order valence-corrected chi connectivity index (χ4v) is 2.52. The number of rotatable bonds is 2. The number of aliphatic carboxylic acids is 1. The van der Waals surface area contributed by atoms with E-state index < -0.39 is 23.6 Å². The van der Waals surface area contributed by atoms with Crippen molar-refractivity contribution in [3.63, 3.8) is 0 Å². The fourth-order valence-electron chi connectivity index (χ4n) is 2.01. The first kappa shape index (κ1) is 15.9. The predicted octanol–water partition coefficient (Wildman–Crippen LogP) is 2.56. The van der Waals surface area contributed by atoms with Gasteiger partial charge in [-0.25, -0.2) is 4.39 Å². The minimum absolute atomic E-state index is 0. The Morgan fingerprint density at radius 3 is 2.63 bits per heavy atom. The van der Waals surface area contributed by atoms with E-state index in [0.717, 1.165) is 0 Å². The lowest BCUT2D eigenvalue weighted by Crippen LogP contribution is -2.30. The highest BCUT2D eigenvalue weighted by atomic mass is 79.9. The zero-order chi connectivity index (χ0) is 13.3. The van der Waals surface area contributed by atoms with Gasteiger partial charge < -0.3 is 10.0 Å². The van der Waals surface area contributed by atoms with Crippen LogP contribution in [0.1, 0.15) is 16.8 Å². The maximum Gasteiger partial charge on any atom is 0.308 e. The summed E-state index contributed by atoms with van der Waals surface area (Å²) in [5.41, 5.74) is -0.0384. The molecule has 1 heterocycles. The summed E-state index contributed by atoms with van der Waals surface area (Å²) in [7, 11) is 0. The number of carbonyl (C=O) groups excluding carboxylic acids is 1. The molecule has 0 aromatic heterocycles. The molecular weight excluding hydrogens is 340 g/mol. The van der Waals surface area contributed by atoms with E-state index in [4.69, 9.17) is 5.11 Å². The smallest absolute Gasteiger partial charge is 0.308 e. The van der Waals surface area contributed by atoms with E-state index in [0.29, 0.717) is 17.4 Å². The minimum Gasteiger partial charge on any atom is -0.481 e. The molecule has 2 rings (SSSR count). The molecule has 4 nitrogen and oxygen atoms in total. The zero-order valence-electron chi connectivity index (χ0n) is 9.81. The Labute approximate surface area is 124 Å². The molecule has 19 heavy (non-hydrogen) atoms. The predicted molar refractivity (Wildman–Crippen MR) is 73.0 cm³/mol. The Hall–Kier alpha value is -1.14. The SMILES string of the molecule is Cl.O=C(O)C1CCN(C(=O)c2c(F)cccc2Br)C1. The van der Waals surface area contributed by atoms with Gasteiger partial charge in [-0.05, 0) is 34.5 Å². The maximum atomic E-state index is 13.6. The average Bonchev–Trinajstić information content (AvgIpc) is 2.77. The van der Waals surface area contributed by atoms with Gasteiger partial charge in [0.15, 0.2) is 0 Å². The molecule has 0 saturated carbocycles. The molecule has 1 N–H and O–H groups in total. The second kappa shape index (κ2) is 6.34. The third-order valence-electron chi connectivity index (χ3n) is 3.00. The molecule has 1 unspecified atom stereocenters. The highest BCUT2D eigenvalue weighted by Crippen LogP contribution is 2.25. The quantitative estimate of drug-likeness (QED) is 0.890. The van der Waals surface area contributed by atoms with Crippen LogP contribution in [-0.2, 0) is 4.79 Å². The molecule has 1 atom stereocenters. The van der Waals surface area contributed by atoms with E-state index in [9.17, 15) is 14.0 Å². The molecule has 1 aliphatic heterocycles. The summed E-state index contributed by atoms with van der Waals surface area (Å²) in [5.74, 6) is -2.55. The molecule has 7 heteroatoms. The lowest BCUT2D eigenvalue weighted by Gasteiger charge is -2.17. The van der Waals surface area contributed by atoms with Crippen molar-refractivity contribution in [1.82, 2.24) is 4.90 Å². The van der Waals surface area contributed by atoms with Crippen LogP contribution in [0.2, 0.25) is 0 Å². The number of benzene rings is 1. The monoisotopic (exact) mass is 351 g/mol. The Morgan fingerprint density at radius 2 is 2.11 bits per heavy atom. The third-order valence-corrected chi connectivity index (χ3v) is 3.66. The first-order valence-corrected chi connectivity index (χ1v) is 6.26. The molecule has 104 valence electrons. The Bertz CT molecular complexity index is 491. The van der Waals surface area contributed by atoms with E-state index in [1.807, 2.05) is 0 Å².